The minimum atomic E-state index is -0.638. The second kappa shape index (κ2) is 12.0. The molecule has 2 aliphatic rings. The van der Waals surface area contributed by atoms with Crippen molar-refractivity contribution < 1.29 is 13.9 Å². The normalized spacial score (nSPS) is 19.4. The number of allylic oxidation sites excluding steroid dienone is 1. The molecule has 0 bridgehead atoms. The number of aromatic nitrogens is 3. The summed E-state index contributed by atoms with van der Waals surface area (Å²) in [5, 5.41) is 0.772. The SMILES string of the molecule is CC(C)N1C=C(n2c(=O)nc(N3C[C@@H](C)N(C(=O)OC(C)(C)C)C[C@@H]3C)c3cc(Cl)c(-c4ccccc4F)nc32)C(Cl)=NC1. The van der Waals surface area contributed by atoms with Crippen LogP contribution in [0.25, 0.3) is 28.0 Å². The molecule has 0 aliphatic carbocycles. The fourth-order valence-corrected chi connectivity index (χ4v) is 5.76. The lowest BCUT2D eigenvalue weighted by atomic mass is 10.1. The standard InChI is InChI=1S/C31H36Cl2FN7O3/c1-17(2)38-15-24(26(33)35-16-38)41-28-21(12-22(32)25(36-28)20-10-8-9-11-23(20)34)27(37-29(41)42)39-13-19(4)40(14-18(39)3)30(43)44-31(5,6)7/h8-12,15,17-19H,13-14,16H2,1-7H3/t18-,19+/m0/s1. The monoisotopic (exact) mass is 643 g/mol. The molecule has 234 valence electrons. The number of benzene rings is 1. The van der Waals surface area contributed by atoms with Crippen LogP contribution in [0.2, 0.25) is 5.02 Å². The van der Waals surface area contributed by atoms with Gasteiger partial charge in [0.1, 0.15) is 29.6 Å². The maximum absolute atomic E-state index is 15.0. The fraction of sp³-hybridized carbons (Fsp3) is 0.452. The van der Waals surface area contributed by atoms with Crippen LogP contribution in [0.15, 0.2) is 46.3 Å². The number of carbonyl (C=O) groups excluding carboxylic acids is 1. The molecule has 1 amide bonds. The summed E-state index contributed by atoms with van der Waals surface area (Å²) in [6.45, 7) is 14.4. The Morgan fingerprint density at radius 3 is 2.45 bits per heavy atom. The van der Waals surface area contributed by atoms with E-state index < -0.39 is 23.2 Å². The van der Waals surface area contributed by atoms with E-state index in [4.69, 9.17) is 32.9 Å². The van der Waals surface area contributed by atoms with Gasteiger partial charge in [0.15, 0.2) is 10.8 Å². The smallest absolute Gasteiger partial charge is 0.410 e. The zero-order chi connectivity index (χ0) is 32.1. The first-order valence-electron chi connectivity index (χ1n) is 14.5. The van der Waals surface area contributed by atoms with Gasteiger partial charge in [-0.3, -0.25) is 0 Å². The van der Waals surface area contributed by atoms with E-state index in [0.29, 0.717) is 36.7 Å². The summed E-state index contributed by atoms with van der Waals surface area (Å²) in [5.74, 6) is -0.156. The molecule has 1 aromatic carbocycles. The Bertz CT molecular complexity index is 1730. The molecule has 2 atom stereocenters. The van der Waals surface area contributed by atoms with E-state index in [1.807, 2.05) is 58.3 Å². The largest absolute Gasteiger partial charge is 0.444 e. The quantitative estimate of drug-likeness (QED) is 0.334. The van der Waals surface area contributed by atoms with Gasteiger partial charge in [0.2, 0.25) is 0 Å². The van der Waals surface area contributed by atoms with E-state index in [2.05, 4.69) is 9.98 Å². The molecule has 0 unspecified atom stereocenters. The third-order valence-corrected chi connectivity index (χ3v) is 8.19. The summed E-state index contributed by atoms with van der Waals surface area (Å²) in [5.41, 5.74) is -0.425. The molecular formula is C31H36Cl2FN7O3. The van der Waals surface area contributed by atoms with Crippen LogP contribution >= 0.6 is 23.2 Å². The molecule has 0 radical (unpaired) electrons. The average molecular weight is 645 g/mol. The van der Waals surface area contributed by atoms with Crippen molar-refractivity contribution in [2.75, 3.05) is 24.7 Å². The number of anilines is 1. The molecular weight excluding hydrogens is 608 g/mol. The number of ether oxygens (including phenoxy) is 1. The van der Waals surface area contributed by atoms with Gasteiger partial charge in [-0.15, -0.1) is 0 Å². The number of fused-ring (bicyclic) bond motifs is 1. The Hall–Kier alpha value is -3.70. The molecule has 0 spiro atoms. The van der Waals surface area contributed by atoms with Crippen LogP contribution in [-0.2, 0) is 4.74 Å². The number of hydrogen-bond donors (Lipinski definition) is 0. The number of carbonyl (C=O) groups is 1. The Balaban J connectivity index is 1.70. The van der Waals surface area contributed by atoms with Crippen LogP contribution in [0.3, 0.4) is 0 Å². The van der Waals surface area contributed by atoms with E-state index in [-0.39, 0.29) is 45.2 Å². The first-order valence-corrected chi connectivity index (χ1v) is 15.2. The van der Waals surface area contributed by atoms with Crippen molar-refractivity contribution in [1.82, 2.24) is 24.3 Å². The molecule has 10 nitrogen and oxygen atoms in total. The number of rotatable bonds is 4. The lowest BCUT2D eigenvalue weighted by Gasteiger charge is -2.44. The lowest BCUT2D eigenvalue weighted by molar-refractivity contribution is 0.0130. The van der Waals surface area contributed by atoms with Crippen molar-refractivity contribution >= 4 is 57.0 Å². The summed E-state index contributed by atoms with van der Waals surface area (Å²) >= 11 is 13.4. The minimum Gasteiger partial charge on any atom is -0.444 e. The van der Waals surface area contributed by atoms with E-state index in [1.165, 1.54) is 10.6 Å². The van der Waals surface area contributed by atoms with Crippen molar-refractivity contribution in [3.05, 3.63) is 57.9 Å². The highest BCUT2D eigenvalue weighted by Gasteiger charge is 2.36. The minimum absolute atomic E-state index is 0.0766. The van der Waals surface area contributed by atoms with Crippen LogP contribution in [0.5, 0.6) is 0 Å². The number of amides is 1. The van der Waals surface area contributed by atoms with Gasteiger partial charge in [-0.25, -0.2) is 28.5 Å². The van der Waals surface area contributed by atoms with Crippen LogP contribution < -0.4 is 10.6 Å². The number of aliphatic imine (C=N–C) groups is 1. The van der Waals surface area contributed by atoms with Crippen LogP contribution in [0.4, 0.5) is 15.0 Å². The van der Waals surface area contributed by atoms with Crippen LogP contribution in [0.1, 0.15) is 48.5 Å². The van der Waals surface area contributed by atoms with Crippen LogP contribution in [-0.4, -0.2) is 79.1 Å². The van der Waals surface area contributed by atoms with Crippen molar-refractivity contribution in [3.63, 3.8) is 0 Å². The predicted molar refractivity (Wildman–Crippen MR) is 173 cm³/mol. The number of nitrogens with zero attached hydrogens (tertiary/aromatic N) is 7. The van der Waals surface area contributed by atoms with Crippen molar-refractivity contribution in [1.29, 1.82) is 0 Å². The Kier molecular flexibility index (Phi) is 8.65. The topological polar surface area (TPSA) is 96.2 Å². The molecule has 2 aromatic heterocycles. The van der Waals surface area contributed by atoms with Gasteiger partial charge in [-0.2, -0.15) is 4.98 Å². The second-order valence-electron chi connectivity index (χ2n) is 12.4. The zero-order valence-electron chi connectivity index (χ0n) is 25.8. The number of piperazine rings is 1. The van der Waals surface area contributed by atoms with Crippen molar-refractivity contribution in [2.24, 2.45) is 4.99 Å². The summed E-state index contributed by atoms with van der Waals surface area (Å²) in [7, 11) is 0. The fourth-order valence-electron chi connectivity index (χ4n) is 5.32. The number of pyridine rings is 1. The van der Waals surface area contributed by atoms with Gasteiger partial charge in [0.25, 0.3) is 0 Å². The highest BCUT2D eigenvalue weighted by atomic mass is 35.5. The summed E-state index contributed by atoms with van der Waals surface area (Å²) in [4.78, 5) is 46.2. The van der Waals surface area contributed by atoms with E-state index in [0.717, 1.165) is 0 Å². The lowest BCUT2D eigenvalue weighted by Crippen LogP contribution is -2.59. The third-order valence-electron chi connectivity index (χ3n) is 7.59. The molecule has 5 rings (SSSR count). The highest BCUT2D eigenvalue weighted by molar-refractivity contribution is 6.75. The summed E-state index contributed by atoms with van der Waals surface area (Å²) < 4.78 is 21.9. The molecule has 4 heterocycles. The predicted octanol–water partition coefficient (Wildman–Crippen LogP) is 6.20. The molecule has 2 aliphatic heterocycles. The highest BCUT2D eigenvalue weighted by Crippen LogP contribution is 2.36. The van der Waals surface area contributed by atoms with Gasteiger partial charge in [-0.1, -0.05) is 35.3 Å². The van der Waals surface area contributed by atoms with E-state index in [9.17, 15) is 14.0 Å². The van der Waals surface area contributed by atoms with Crippen LogP contribution in [0, 0.1) is 5.82 Å². The van der Waals surface area contributed by atoms with Crippen molar-refractivity contribution in [2.45, 2.75) is 72.2 Å². The van der Waals surface area contributed by atoms with Gasteiger partial charge in [-0.05, 0) is 66.7 Å². The molecule has 1 fully saturated rings. The Labute approximate surface area is 265 Å². The van der Waals surface area contributed by atoms with Gasteiger partial charge in [0, 0.05) is 43.0 Å². The van der Waals surface area contributed by atoms with Gasteiger partial charge >= 0.3 is 11.8 Å². The molecule has 0 saturated carbocycles. The Morgan fingerprint density at radius 1 is 1.09 bits per heavy atom. The third kappa shape index (κ3) is 6.12. The maximum atomic E-state index is 15.0. The molecule has 44 heavy (non-hydrogen) atoms. The first kappa shape index (κ1) is 31.7. The molecule has 1 saturated heterocycles. The van der Waals surface area contributed by atoms with Gasteiger partial charge in [0.05, 0.1) is 16.1 Å². The number of hydrogen-bond acceptors (Lipinski definition) is 8. The summed E-state index contributed by atoms with van der Waals surface area (Å²) in [6, 6.07) is 7.39. The Morgan fingerprint density at radius 2 is 1.80 bits per heavy atom. The summed E-state index contributed by atoms with van der Waals surface area (Å²) in [6.07, 6.45) is 1.35. The molecule has 13 heteroatoms. The average Bonchev–Trinajstić information content (AvgIpc) is 2.93. The molecule has 0 N–H and O–H groups in total. The van der Waals surface area contributed by atoms with Gasteiger partial charge < -0.3 is 19.4 Å². The molecule has 3 aromatic rings. The first-order chi connectivity index (χ1) is 20.7. The van der Waals surface area contributed by atoms with Crippen molar-refractivity contribution in [3.8, 4) is 11.3 Å². The number of halogens is 3. The van der Waals surface area contributed by atoms with E-state index >= 15 is 0 Å². The second-order valence-corrected chi connectivity index (χ2v) is 13.2. The van der Waals surface area contributed by atoms with E-state index in [1.54, 1.807) is 35.4 Å². The maximum Gasteiger partial charge on any atom is 0.410 e. The zero-order valence-corrected chi connectivity index (χ0v) is 27.3.